The Morgan fingerprint density at radius 1 is 0.963 bits per heavy atom. The SMILES string of the molecule is COC(=O)CCCCC(=O)N1CCCN1C(=O)CC1Cc2ccccc2C1. The average molecular weight is 372 g/mol. The highest BCUT2D eigenvalue weighted by atomic mass is 16.5. The van der Waals surface area contributed by atoms with Crippen LogP contribution < -0.4 is 0 Å². The van der Waals surface area contributed by atoms with E-state index in [1.165, 1.54) is 18.2 Å². The van der Waals surface area contributed by atoms with Crippen LogP contribution in [0, 0.1) is 5.92 Å². The molecule has 0 saturated carbocycles. The van der Waals surface area contributed by atoms with Crippen molar-refractivity contribution in [3.05, 3.63) is 35.4 Å². The normalized spacial score (nSPS) is 16.5. The van der Waals surface area contributed by atoms with E-state index in [0.29, 0.717) is 51.1 Å². The van der Waals surface area contributed by atoms with Gasteiger partial charge in [0.15, 0.2) is 0 Å². The highest BCUT2D eigenvalue weighted by Gasteiger charge is 2.32. The third kappa shape index (κ3) is 4.87. The zero-order chi connectivity index (χ0) is 19.2. The zero-order valence-electron chi connectivity index (χ0n) is 16.0. The van der Waals surface area contributed by atoms with Crippen LogP contribution in [0.4, 0.5) is 0 Å². The molecule has 0 atom stereocenters. The van der Waals surface area contributed by atoms with Crippen molar-refractivity contribution in [2.24, 2.45) is 5.92 Å². The summed E-state index contributed by atoms with van der Waals surface area (Å²) in [6, 6.07) is 8.37. The largest absolute Gasteiger partial charge is 0.469 e. The monoisotopic (exact) mass is 372 g/mol. The molecule has 1 aliphatic heterocycles. The Bertz CT molecular complexity index is 678. The number of carbonyl (C=O) groups excluding carboxylic acids is 3. The number of fused-ring (bicyclic) bond motifs is 1. The van der Waals surface area contributed by atoms with Crippen molar-refractivity contribution in [2.75, 3.05) is 20.2 Å². The van der Waals surface area contributed by atoms with E-state index in [2.05, 4.69) is 16.9 Å². The maximum absolute atomic E-state index is 12.8. The quantitative estimate of drug-likeness (QED) is 0.545. The third-order valence-corrected chi connectivity index (χ3v) is 5.46. The third-order valence-electron chi connectivity index (χ3n) is 5.46. The number of nitrogens with zero attached hydrogens (tertiary/aromatic N) is 2. The fraction of sp³-hybridized carbons (Fsp3) is 0.571. The van der Waals surface area contributed by atoms with Crippen LogP contribution in [0.3, 0.4) is 0 Å². The molecule has 0 unspecified atom stereocenters. The number of rotatable bonds is 7. The molecule has 0 aromatic heterocycles. The Hall–Kier alpha value is -2.37. The molecule has 1 aromatic rings. The minimum absolute atomic E-state index is 0.0274. The predicted octanol–water partition coefficient (Wildman–Crippen LogP) is 2.50. The van der Waals surface area contributed by atoms with Gasteiger partial charge in [0.25, 0.3) is 0 Å². The second kappa shape index (κ2) is 9.02. The number of ether oxygens (including phenoxy) is 1. The molecular weight excluding hydrogens is 344 g/mol. The van der Waals surface area contributed by atoms with Crippen LogP contribution in [0.15, 0.2) is 24.3 Å². The lowest BCUT2D eigenvalue weighted by Crippen LogP contribution is -2.45. The summed E-state index contributed by atoms with van der Waals surface area (Å²) < 4.78 is 4.61. The van der Waals surface area contributed by atoms with E-state index in [1.807, 2.05) is 12.1 Å². The molecule has 1 saturated heterocycles. The van der Waals surface area contributed by atoms with Crippen LogP contribution in [0.2, 0.25) is 0 Å². The van der Waals surface area contributed by atoms with E-state index >= 15 is 0 Å². The molecule has 27 heavy (non-hydrogen) atoms. The molecular formula is C21H28N2O4. The van der Waals surface area contributed by atoms with Crippen molar-refractivity contribution in [1.82, 2.24) is 10.0 Å². The van der Waals surface area contributed by atoms with Gasteiger partial charge in [-0.2, -0.15) is 0 Å². The molecule has 1 aromatic carbocycles. The average Bonchev–Trinajstić information content (AvgIpc) is 3.31. The lowest BCUT2D eigenvalue weighted by molar-refractivity contribution is -0.158. The smallest absolute Gasteiger partial charge is 0.305 e. The Balaban J connectivity index is 1.46. The van der Waals surface area contributed by atoms with Gasteiger partial charge in [-0.25, -0.2) is 0 Å². The zero-order valence-corrected chi connectivity index (χ0v) is 16.0. The number of unbranched alkanes of at least 4 members (excludes halogenated alkanes) is 1. The molecule has 1 aliphatic carbocycles. The van der Waals surface area contributed by atoms with E-state index in [4.69, 9.17) is 0 Å². The topological polar surface area (TPSA) is 66.9 Å². The Morgan fingerprint density at radius 3 is 2.19 bits per heavy atom. The number of methoxy groups -OCH3 is 1. The second-order valence-electron chi connectivity index (χ2n) is 7.42. The van der Waals surface area contributed by atoms with Crippen LogP contribution in [-0.2, 0) is 32.0 Å². The van der Waals surface area contributed by atoms with Gasteiger partial charge in [-0.05, 0) is 49.1 Å². The van der Waals surface area contributed by atoms with Gasteiger partial charge in [-0.15, -0.1) is 0 Å². The number of carbonyl (C=O) groups is 3. The van der Waals surface area contributed by atoms with Crippen LogP contribution >= 0.6 is 0 Å². The van der Waals surface area contributed by atoms with Gasteiger partial charge in [0.1, 0.15) is 0 Å². The number of hydrazine groups is 1. The summed E-state index contributed by atoms with van der Waals surface area (Å²) in [7, 11) is 1.37. The highest BCUT2D eigenvalue weighted by Crippen LogP contribution is 2.29. The van der Waals surface area contributed by atoms with Crippen molar-refractivity contribution in [2.45, 2.75) is 51.4 Å². The molecule has 0 radical (unpaired) electrons. The summed E-state index contributed by atoms with van der Waals surface area (Å²) in [5, 5.41) is 3.26. The summed E-state index contributed by atoms with van der Waals surface area (Å²) in [4.78, 5) is 36.4. The first-order valence-corrected chi connectivity index (χ1v) is 9.82. The lowest BCUT2D eigenvalue weighted by Gasteiger charge is -2.29. The summed E-state index contributed by atoms with van der Waals surface area (Å²) in [5.74, 6) is 0.0964. The van der Waals surface area contributed by atoms with Gasteiger partial charge < -0.3 is 4.74 Å². The van der Waals surface area contributed by atoms with E-state index < -0.39 is 0 Å². The van der Waals surface area contributed by atoms with Crippen LogP contribution in [0.1, 0.15) is 49.7 Å². The molecule has 2 amide bonds. The lowest BCUT2D eigenvalue weighted by atomic mass is 10.0. The maximum Gasteiger partial charge on any atom is 0.305 e. The van der Waals surface area contributed by atoms with Crippen molar-refractivity contribution < 1.29 is 19.1 Å². The molecule has 0 bridgehead atoms. The minimum atomic E-state index is -0.252. The van der Waals surface area contributed by atoms with Gasteiger partial charge >= 0.3 is 5.97 Å². The molecule has 0 spiro atoms. The molecule has 6 nitrogen and oxygen atoms in total. The van der Waals surface area contributed by atoms with Gasteiger partial charge in [0.2, 0.25) is 11.8 Å². The fourth-order valence-corrected chi connectivity index (χ4v) is 4.05. The number of benzene rings is 1. The number of esters is 1. The first-order chi connectivity index (χ1) is 13.1. The summed E-state index contributed by atoms with van der Waals surface area (Å²) in [6.07, 6.45) is 5.13. The Morgan fingerprint density at radius 2 is 1.56 bits per heavy atom. The first kappa shape index (κ1) is 19.4. The summed E-state index contributed by atoms with van der Waals surface area (Å²) in [5.41, 5.74) is 2.69. The molecule has 0 N–H and O–H groups in total. The van der Waals surface area contributed by atoms with Crippen molar-refractivity contribution in [3.63, 3.8) is 0 Å². The van der Waals surface area contributed by atoms with Crippen molar-refractivity contribution in [1.29, 1.82) is 0 Å². The van der Waals surface area contributed by atoms with Gasteiger partial charge in [0.05, 0.1) is 7.11 Å². The molecule has 1 heterocycles. The predicted molar refractivity (Wildman–Crippen MR) is 100 cm³/mol. The van der Waals surface area contributed by atoms with Crippen LogP contribution in [0.5, 0.6) is 0 Å². The van der Waals surface area contributed by atoms with Gasteiger partial charge in [-0.1, -0.05) is 24.3 Å². The Kier molecular flexibility index (Phi) is 6.48. The van der Waals surface area contributed by atoms with Crippen molar-refractivity contribution in [3.8, 4) is 0 Å². The van der Waals surface area contributed by atoms with E-state index in [-0.39, 0.29) is 17.8 Å². The van der Waals surface area contributed by atoms with Crippen LogP contribution in [-0.4, -0.2) is 48.0 Å². The summed E-state index contributed by atoms with van der Waals surface area (Å²) in [6.45, 7) is 1.22. The molecule has 6 heteroatoms. The van der Waals surface area contributed by atoms with E-state index in [0.717, 1.165) is 19.3 Å². The standard InChI is InChI=1S/C21H28N2O4/c1-27-21(26)10-5-4-9-19(24)22-11-6-12-23(22)20(25)15-16-13-17-7-2-3-8-18(17)14-16/h2-3,7-8,16H,4-6,9-15H2,1H3. The minimum Gasteiger partial charge on any atom is -0.469 e. The highest BCUT2D eigenvalue weighted by molar-refractivity contribution is 5.83. The molecule has 146 valence electrons. The number of amides is 2. The van der Waals surface area contributed by atoms with E-state index in [1.54, 1.807) is 10.0 Å². The van der Waals surface area contributed by atoms with Gasteiger partial charge in [-0.3, -0.25) is 24.4 Å². The molecule has 3 rings (SSSR count). The number of hydrogen-bond donors (Lipinski definition) is 0. The second-order valence-corrected chi connectivity index (χ2v) is 7.42. The van der Waals surface area contributed by atoms with Crippen LogP contribution in [0.25, 0.3) is 0 Å². The fourth-order valence-electron chi connectivity index (χ4n) is 4.05. The first-order valence-electron chi connectivity index (χ1n) is 9.82. The maximum atomic E-state index is 12.8. The Labute approximate surface area is 160 Å². The molecule has 1 fully saturated rings. The van der Waals surface area contributed by atoms with Crippen molar-refractivity contribution >= 4 is 17.8 Å². The summed E-state index contributed by atoms with van der Waals surface area (Å²) >= 11 is 0. The number of hydrogen-bond acceptors (Lipinski definition) is 4. The molecule has 2 aliphatic rings. The van der Waals surface area contributed by atoms with E-state index in [9.17, 15) is 14.4 Å². The van der Waals surface area contributed by atoms with Gasteiger partial charge in [0, 0.05) is 32.4 Å².